The Bertz CT molecular complexity index is 488. The van der Waals surface area contributed by atoms with E-state index in [1.807, 2.05) is 13.1 Å². The molecule has 0 aliphatic carbocycles. The van der Waals surface area contributed by atoms with Crippen molar-refractivity contribution in [2.24, 2.45) is 4.99 Å². The molecule has 0 bridgehead atoms. The molecule has 0 saturated carbocycles. The topological polar surface area (TPSA) is 42.9 Å². The highest BCUT2D eigenvalue weighted by atomic mass is 15.2. The van der Waals surface area contributed by atoms with E-state index >= 15 is 0 Å². The highest BCUT2D eigenvalue weighted by Gasteiger charge is 2.11. The van der Waals surface area contributed by atoms with Crippen LogP contribution >= 0.6 is 0 Å². The van der Waals surface area contributed by atoms with Gasteiger partial charge in [-0.25, -0.2) is 0 Å². The van der Waals surface area contributed by atoms with Gasteiger partial charge >= 0.3 is 0 Å². The first-order chi connectivity index (χ1) is 11.7. The smallest absolute Gasteiger partial charge is 0.191 e. The average Bonchev–Trinajstić information content (AvgIpc) is 2.82. The Balaban J connectivity index is 1.66. The predicted octanol–water partition coefficient (Wildman–Crippen LogP) is 1.94. The first-order valence-electron chi connectivity index (χ1n) is 9.12. The summed E-state index contributed by atoms with van der Waals surface area (Å²) < 4.78 is 0. The molecule has 5 heteroatoms. The molecule has 1 aliphatic rings. The van der Waals surface area contributed by atoms with E-state index in [-0.39, 0.29) is 6.04 Å². The number of rotatable bonds is 6. The second-order valence-electron chi connectivity index (χ2n) is 6.63. The molecule has 0 radical (unpaired) electrons. The molecule has 1 heterocycles. The Labute approximate surface area is 147 Å². The summed E-state index contributed by atoms with van der Waals surface area (Å²) in [4.78, 5) is 9.34. The maximum atomic E-state index is 4.34. The molecule has 2 rings (SSSR count). The number of hydrogen-bond donors (Lipinski definition) is 2. The maximum absolute atomic E-state index is 4.34. The van der Waals surface area contributed by atoms with Crippen LogP contribution in [0, 0.1) is 0 Å². The molecule has 1 aromatic rings. The van der Waals surface area contributed by atoms with Crippen molar-refractivity contribution in [2.45, 2.75) is 25.8 Å². The fourth-order valence-electron chi connectivity index (χ4n) is 3.06. The summed E-state index contributed by atoms with van der Waals surface area (Å²) in [5.41, 5.74) is 1.27. The summed E-state index contributed by atoms with van der Waals surface area (Å²) in [6.45, 7) is 9.10. The van der Waals surface area contributed by atoms with E-state index in [1.54, 1.807) is 0 Å². The van der Waals surface area contributed by atoms with E-state index in [2.05, 4.69) is 63.7 Å². The standard InChI is InChI=1S/C19H33N5/c1-17(18-9-5-4-6-10-18)22-19(20-2)21-11-7-13-24-14-8-12-23(3)15-16-24/h4-6,9-10,17H,7-8,11-16H2,1-3H3,(H2,20,21,22). The molecule has 1 aromatic carbocycles. The molecule has 134 valence electrons. The maximum Gasteiger partial charge on any atom is 0.191 e. The van der Waals surface area contributed by atoms with Gasteiger partial charge in [0.15, 0.2) is 5.96 Å². The highest BCUT2D eigenvalue weighted by Crippen LogP contribution is 2.10. The number of nitrogens with one attached hydrogen (secondary N) is 2. The van der Waals surface area contributed by atoms with Gasteiger partial charge in [0.05, 0.1) is 6.04 Å². The van der Waals surface area contributed by atoms with Gasteiger partial charge < -0.3 is 20.4 Å². The van der Waals surface area contributed by atoms with E-state index in [4.69, 9.17) is 0 Å². The number of hydrogen-bond acceptors (Lipinski definition) is 3. The molecule has 1 unspecified atom stereocenters. The monoisotopic (exact) mass is 331 g/mol. The zero-order chi connectivity index (χ0) is 17.2. The van der Waals surface area contributed by atoms with Crippen molar-refractivity contribution in [1.29, 1.82) is 0 Å². The van der Waals surface area contributed by atoms with Gasteiger partial charge in [-0.15, -0.1) is 0 Å². The minimum atomic E-state index is 0.249. The van der Waals surface area contributed by atoms with E-state index in [0.717, 1.165) is 25.5 Å². The Morgan fingerprint density at radius 2 is 1.96 bits per heavy atom. The SMILES string of the molecule is CN=C(NCCCN1CCCN(C)CC1)NC(C)c1ccccc1. The third kappa shape index (κ3) is 6.49. The molecule has 1 atom stereocenters. The van der Waals surface area contributed by atoms with Crippen molar-refractivity contribution in [3.05, 3.63) is 35.9 Å². The van der Waals surface area contributed by atoms with Crippen LogP contribution in [0.25, 0.3) is 0 Å². The van der Waals surface area contributed by atoms with Crippen LogP contribution in [0.5, 0.6) is 0 Å². The van der Waals surface area contributed by atoms with Gasteiger partial charge in [0.1, 0.15) is 0 Å². The number of aliphatic imine (C=N–C) groups is 1. The summed E-state index contributed by atoms with van der Waals surface area (Å²) in [6, 6.07) is 10.7. The Kier molecular flexibility index (Phi) is 8.05. The zero-order valence-corrected chi connectivity index (χ0v) is 15.5. The van der Waals surface area contributed by atoms with E-state index in [0.29, 0.717) is 0 Å². The van der Waals surface area contributed by atoms with Crippen LogP contribution < -0.4 is 10.6 Å². The van der Waals surface area contributed by atoms with Gasteiger partial charge in [0, 0.05) is 26.7 Å². The fourth-order valence-corrected chi connectivity index (χ4v) is 3.06. The van der Waals surface area contributed by atoms with Crippen LogP contribution in [0.4, 0.5) is 0 Å². The van der Waals surface area contributed by atoms with Crippen molar-refractivity contribution in [1.82, 2.24) is 20.4 Å². The number of benzene rings is 1. The van der Waals surface area contributed by atoms with Crippen LogP contribution in [0.15, 0.2) is 35.3 Å². The van der Waals surface area contributed by atoms with Gasteiger partial charge in [-0.1, -0.05) is 30.3 Å². The van der Waals surface area contributed by atoms with Gasteiger partial charge in [0.25, 0.3) is 0 Å². The number of nitrogens with zero attached hydrogens (tertiary/aromatic N) is 3. The molecule has 1 saturated heterocycles. The molecular weight excluding hydrogens is 298 g/mol. The highest BCUT2D eigenvalue weighted by molar-refractivity contribution is 5.80. The molecule has 0 aromatic heterocycles. The Morgan fingerprint density at radius 1 is 1.17 bits per heavy atom. The second-order valence-corrected chi connectivity index (χ2v) is 6.63. The van der Waals surface area contributed by atoms with Crippen LogP contribution in [0.1, 0.15) is 31.4 Å². The Hall–Kier alpha value is -1.59. The lowest BCUT2D eigenvalue weighted by atomic mass is 10.1. The van der Waals surface area contributed by atoms with Crippen LogP contribution in [0.3, 0.4) is 0 Å². The molecule has 1 fully saturated rings. The lowest BCUT2D eigenvalue weighted by Gasteiger charge is -2.21. The fraction of sp³-hybridized carbons (Fsp3) is 0.632. The molecule has 0 spiro atoms. The van der Waals surface area contributed by atoms with Crippen molar-refractivity contribution in [3.8, 4) is 0 Å². The van der Waals surface area contributed by atoms with Crippen molar-refractivity contribution in [3.63, 3.8) is 0 Å². The van der Waals surface area contributed by atoms with Crippen LogP contribution in [0.2, 0.25) is 0 Å². The lowest BCUT2D eigenvalue weighted by molar-refractivity contribution is 0.274. The van der Waals surface area contributed by atoms with Gasteiger partial charge in [-0.3, -0.25) is 4.99 Å². The number of likely N-dealkylation sites (N-methyl/N-ethyl adjacent to an activating group) is 1. The van der Waals surface area contributed by atoms with E-state index in [9.17, 15) is 0 Å². The van der Waals surface area contributed by atoms with Gasteiger partial charge in [-0.2, -0.15) is 0 Å². The molecule has 5 nitrogen and oxygen atoms in total. The summed E-state index contributed by atoms with van der Waals surface area (Å²) in [5, 5.41) is 6.89. The molecule has 24 heavy (non-hydrogen) atoms. The predicted molar refractivity (Wildman–Crippen MR) is 103 cm³/mol. The van der Waals surface area contributed by atoms with Crippen molar-refractivity contribution < 1.29 is 0 Å². The van der Waals surface area contributed by atoms with Crippen LogP contribution in [-0.2, 0) is 0 Å². The summed E-state index contributed by atoms with van der Waals surface area (Å²) >= 11 is 0. The van der Waals surface area contributed by atoms with Crippen LogP contribution in [-0.4, -0.2) is 69.1 Å². The minimum absolute atomic E-state index is 0.249. The van der Waals surface area contributed by atoms with E-state index in [1.165, 1.54) is 38.2 Å². The van der Waals surface area contributed by atoms with Gasteiger partial charge in [0.2, 0.25) is 0 Å². The van der Waals surface area contributed by atoms with E-state index < -0.39 is 0 Å². The molecule has 2 N–H and O–H groups in total. The Morgan fingerprint density at radius 3 is 2.71 bits per heavy atom. The summed E-state index contributed by atoms with van der Waals surface area (Å²) in [7, 11) is 4.05. The normalized spacial score (nSPS) is 18.9. The third-order valence-electron chi connectivity index (χ3n) is 4.63. The lowest BCUT2D eigenvalue weighted by Crippen LogP contribution is -2.40. The molecule has 0 amide bonds. The van der Waals surface area contributed by atoms with Crippen molar-refractivity contribution in [2.75, 3.05) is 53.4 Å². The van der Waals surface area contributed by atoms with Gasteiger partial charge in [-0.05, 0) is 52.0 Å². The first-order valence-corrected chi connectivity index (χ1v) is 9.12. The zero-order valence-electron chi connectivity index (χ0n) is 15.5. The molecular formula is C19H33N5. The minimum Gasteiger partial charge on any atom is -0.356 e. The summed E-state index contributed by atoms with van der Waals surface area (Å²) in [6.07, 6.45) is 2.42. The summed E-state index contributed by atoms with van der Waals surface area (Å²) in [5.74, 6) is 0.877. The largest absolute Gasteiger partial charge is 0.356 e. The average molecular weight is 332 g/mol. The van der Waals surface area contributed by atoms with Crippen molar-refractivity contribution >= 4 is 5.96 Å². The molecule has 1 aliphatic heterocycles. The first kappa shape index (κ1) is 18.7. The quantitative estimate of drug-likeness (QED) is 0.475. The second kappa shape index (κ2) is 10.3. The third-order valence-corrected chi connectivity index (χ3v) is 4.63. The number of guanidine groups is 1.